The van der Waals surface area contributed by atoms with E-state index in [-0.39, 0.29) is 12.1 Å². The minimum atomic E-state index is -0.0690. The first kappa shape index (κ1) is 14.5. The molecule has 2 rings (SSSR count). The topological polar surface area (TPSA) is 35.2 Å². The second-order valence-corrected chi connectivity index (χ2v) is 5.81. The van der Waals surface area contributed by atoms with Gasteiger partial charge in [-0.3, -0.25) is 0 Å². The molecule has 2 aromatic rings. The van der Waals surface area contributed by atoms with Gasteiger partial charge in [-0.1, -0.05) is 42.5 Å². The van der Waals surface area contributed by atoms with Gasteiger partial charge >= 0.3 is 0 Å². The molecule has 0 bridgehead atoms. The zero-order valence-corrected chi connectivity index (χ0v) is 13.1. The molecule has 19 heavy (non-hydrogen) atoms. The van der Waals surface area contributed by atoms with Crippen LogP contribution in [0.4, 0.5) is 0 Å². The van der Waals surface area contributed by atoms with E-state index in [0.29, 0.717) is 0 Å². The summed E-state index contributed by atoms with van der Waals surface area (Å²) in [5.41, 5.74) is 8.67. The van der Waals surface area contributed by atoms with Gasteiger partial charge in [0, 0.05) is 16.7 Å². The third kappa shape index (κ3) is 4.03. The molecule has 2 N–H and O–H groups in total. The third-order valence-electron chi connectivity index (χ3n) is 3.16. The first-order valence-corrected chi connectivity index (χ1v) is 7.36. The fraction of sp³-hybridized carbons (Fsp3) is 0.250. The van der Waals surface area contributed by atoms with Gasteiger partial charge in [0.15, 0.2) is 0 Å². The summed E-state index contributed by atoms with van der Waals surface area (Å²) in [6, 6.07) is 18.5. The summed E-state index contributed by atoms with van der Waals surface area (Å²) in [6.07, 6.45) is 0.741. The van der Waals surface area contributed by atoms with E-state index in [2.05, 4.69) is 59.0 Å². The van der Waals surface area contributed by atoms with E-state index >= 15 is 0 Å². The summed E-state index contributed by atoms with van der Waals surface area (Å²) in [5.74, 6) is 0. The highest BCUT2D eigenvalue weighted by Crippen LogP contribution is 2.22. The number of hydrogen-bond acceptors (Lipinski definition) is 2. The maximum absolute atomic E-state index is 6.30. The Labute approximate surface area is 128 Å². The molecule has 0 aliphatic carbocycles. The Hall–Kier alpha value is -0.910. The van der Waals surface area contributed by atoms with Gasteiger partial charge in [-0.25, -0.2) is 0 Å². The molecule has 0 aliphatic rings. The summed E-state index contributed by atoms with van der Waals surface area (Å²) in [7, 11) is 1.71. The van der Waals surface area contributed by atoms with Crippen LogP contribution < -0.4 is 5.73 Å². The Morgan fingerprint density at radius 1 is 1.05 bits per heavy atom. The number of benzene rings is 2. The third-order valence-corrected chi connectivity index (χ3v) is 3.87. The van der Waals surface area contributed by atoms with Crippen LogP contribution in [0.3, 0.4) is 0 Å². The largest absolute Gasteiger partial charge is 0.375 e. The van der Waals surface area contributed by atoms with E-state index in [1.165, 1.54) is 9.13 Å². The van der Waals surface area contributed by atoms with E-state index in [0.717, 1.165) is 12.0 Å². The molecule has 2 aromatic carbocycles. The molecule has 2 nitrogen and oxygen atoms in total. The van der Waals surface area contributed by atoms with Crippen LogP contribution in [0.15, 0.2) is 54.6 Å². The van der Waals surface area contributed by atoms with Crippen LogP contribution in [-0.2, 0) is 11.2 Å². The van der Waals surface area contributed by atoms with Crippen LogP contribution in [0.25, 0.3) is 0 Å². The molecule has 2 unspecified atom stereocenters. The molecular weight excluding hydrogens is 349 g/mol. The van der Waals surface area contributed by atoms with Crippen molar-refractivity contribution in [3.63, 3.8) is 0 Å². The standard InChI is InChI=1S/C16H18INO/c1-19-16(13-5-3-2-4-6-13)15(18)11-12-7-9-14(17)10-8-12/h2-10,15-16H,11,18H2,1H3. The predicted molar refractivity (Wildman–Crippen MR) is 87.0 cm³/mol. The number of methoxy groups -OCH3 is 1. The second kappa shape index (κ2) is 7.03. The minimum Gasteiger partial charge on any atom is -0.375 e. The highest BCUT2D eigenvalue weighted by molar-refractivity contribution is 14.1. The van der Waals surface area contributed by atoms with Crippen molar-refractivity contribution in [3.8, 4) is 0 Å². The van der Waals surface area contributed by atoms with Crippen molar-refractivity contribution in [1.29, 1.82) is 0 Å². The predicted octanol–water partition coefficient (Wildman–Crippen LogP) is 3.55. The summed E-state index contributed by atoms with van der Waals surface area (Å²) in [5, 5.41) is 0. The van der Waals surface area contributed by atoms with Crippen molar-refractivity contribution in [1.82, 2.24) is 0 Å². The highest BCUT2D eigenvalue weighted by atomic mass is 127. The molecule has 2 atom stereocenters. The van der Waals surface area contributed by atoms with Crippen LogP contribution >= 0.6 is 22.6 Å². The van der Waals surface area contributed by atoms with Crippen molar-refractivity contribution < 1.29 is 4.74 Å². The monoisotopic (exact) mass is 367 g/mol. The molecule has 0 aromatic heterocycles. The van der Waals surface area contributed by atoms with Crippen molar-refractivity contribution in [2.24, 2.45) is 5.73 Å². The lowest BCUT2D eigenvalue weighted by Crippen LogP contribution is -2.31. The normalized spacial score (nSPS) is 14.1. The lowest BCUT2D eigenvalue weighted by atomic mass is 9.97. The van der Waals surface area contributed by atoms with Crippen LogP contribution in [0.1, 0.15) is 17.2 Å². The quantitative estimate of drug-likeness (QED) is 0.821. The van der Waals surface area contributed by atoms with E-state index < -0.39 is 0 Å². The maximum atomic E-state index is 6.30. The van der Waals surface area contributed by atoms with Crippen LogP contribution in [-0.4, -0.2) is 13.2 Å². The molecule has 0 radical (unpaired) electrons. The van der Waals surface area contributed by atoms with Crippen LogP contribution in [0, 0.1) is 3.57 Å². The maximum Gasteiger partial charge on any atom is 0.0975 e. The van der Waals surface area contributed by atoms with Gasteiger partial charge in [-0.05, 0) is 52.3 Å². The fourth-order valence-corrected chi connectivity index (χ4v) is 2.56. The zero-order valence-electron chi connectivity index (χ0n) is 10.9. The molecule has 0 aliphatic heterocycles. The number of ether oxygens (including phenoxy) is 1. The van der Waals surface area contributed by atoms with Crippen molar-refractivity contribution >= 4 is 22.6 Å². The SMILES string of the molecule is COC(c1ccccc1)C(N)Cc1ccc(I)cc1. The molecule has 0 fully saturated rings. The minimum absolute atomic E-state index is 0.0486. The second-order valence-electron chi connectivity index (χ2n) is 4.56. The average Bonchev–Trinajstić information content (AvgIpc) is 2.43. The Kier molecular flexibility index (Phi) is 5.36. The van der Waals surface area contributed by atoms with Gasteiger partial charge in [0.2, 0.25) is 0 Å². The van der Waals surface area contributed by atoms with E-state index in [9.17, 15) is 0 Å². The number of nitrogens with two attached hydrogens (primary N) is 1. The average molecular weight is 367 g/mol. The van der Waals surface area contributed by atoms with Gasteiger partial charge in [0.1, 0.15) is 0 Å². The summed E-state index contributed by atoms with van der Waals surface area (Å²) < 4.78 is 6.80. The molecular formula is C16H18INO. The van der Waals surface area contributed by atoms with Gasteiger partial charge in [-0.15, -0.1) is 0 Å². The molecule has 0 saturated carbocycles. The summed E-state index contributed by atoms with van der Waals surface area (Å²) in [6.45, 7) is 0. The Morgan fingerprint density at radius 3 is 2.26 bits per heavy atom. The van der Waals surface area contributed by atoms with Gasteiger partial charge in [0.05, 0.1) is 6.10 Å². The van der Waals surface area contributed by atoms with Crippen molar-refractivity contribution in [2.45, 2.75) is 18.6 Å². The zero-order chi connectivity index (χ0) is 13.7. The van der Waals surface area contributed by atoms with Crippen molar-refractivity contribution in [2.75, 3.05) is 7.11 Å². The number of hydrogen-bond donors (Lipinski definition) is 1. The molecule has 0 amide bonds. The molecule has 100 valence electrons. The lowest BCUT2D eigenvalue weighted by Gasteiger charge is -2.23. The molecule has 0 heterocycles. The number of halogens is 1. The Bertz CT molecular complexity index is 498. The van der Waals surface area contributed by atoms with Gasteiger partial charge in [0.25, 0.3) is 0 Å². The Morgan fingerprint density at radius 2 is 1.68 bits per heavy atom. The van der Waals surface area contributed by atoms with Gasteiger partial charge in [-0.2, -0.15) is 0 Å². The molecule has 0 saturated heterocycles. The van der Waals surface area contributed by atoms with E-state index in [1.807, 2.05) is 18.2 Å². The molecule has 3 heteroatoms. The fourth-order valence-electron chi connectivity index (χ4n) is 2.20. The Balaban J connectivity index is 2.09. The van der Waals surface area contributed by atoms with Crippen molar-refractivity contribution in [3.05, 3.63) is 69.3 Å². The van der Waals surface area contributed by atoms with Crippen LogP contribution in [0.2, 0.25) is 0 Å². The van der Waals surface area contributed by atoms with Gasteiger partial charge < -0.3 is 10.5 Å². The van der Waals surface area contributed by atoms with E-state index in [4.69, 9.17) is 10.5 Å². The summed E-state index contributed by atoms with van der Waals surface area (Å²) in [4.78, 5) is 0. The van der Waals surface area contributed by atoms with E-state index in [1.54, 1.807) is 7.11 Å². The summed E-state index contributed by atoms with van der Waals surface area (Å²) >= 11 is 2.30. The highest BCUT2D eigenvalue weighted by Gasteiger charge is 2.19. The smallest absolute Gasteiger partial charge is 0.0975 e. The first-order chi connectivity index (χ1) is 9.20. The number of rotatable bonds is 5. The molecule has 0 spiro atoms. The lowest BCUT2D eigenvalue weighted by molar-refractivity contribution is 0.0803. The van der Waals surface area contributed by atoms with Crippen LogP contribution in [0.5, 0.6) is 0 Å². The first-order valence-electron chi connectivity index (χ1n) is 6.28.